The quantitative estimate of drug-likeness (QED) is 0.732. The lowest BCUT2D eigenvalue weighted by molar-refractivity contribution is 0.0899. The van der Waals surface area contributed by atoms with Gasteiger partial charge in [-0.3, -0.25) is 4.79 Å². The fourth-order valence-electron chi connectivity index (χ4n) is 2.53. The zero-order chi connectivity index (χ0) is 12.6. The molecule has 1 aromatic carbocycles. The van der Waals surface area contributed by atoms with Crippen molar-refractivity contribution in [1.29, 1.82) is 0 Å². The Balaban J connectivity index is 2.46. The number of carbonyl (C=O) groups excluding carboxylic acids is 1. The smallest absolute Gasteiger partial charge is 0.168 e. The van der Waals surface area contributed by atoms with E-state index >= 15 is 0 Å². The van der Waals surface area contributed by atoms with Crippen LogP contribution in [0.25, 0.3) is 0 Å². The average molecular weight is 232 g/mol. The van der Waals surface area contributed by atoms with Gasteiger partial charge < -0.3 is 4.74 Å². The molecule has 0 bridgehead atoms. The van der Waals surface area contributed by atoms with E-state index in [0.717, 1.165) is 29.7 Å². The summed E-state index contributed by atoms with van der Waals surface area (Å²) in [6.07, 6.45) is 0.866. The molecule has 0 radical (unpaired) electrons. The van der Waals surface area contributed by atoms with Gasteiger partial charge in [0.15, 0.2) is 5.78 Å². The van der Waals surface area contributed by atoms with Crippen molar-refractivity contribution in [2.24, 2.45) is 5.92 Å². The highest BCUT2D eigenvalue weighted by Crippen LogP contribution is 2.27. The highest BCUT2D eigenvalue weighted by molar-refractivity contribution is 6.01. The first-order valence-corrected chi connectivity index (χ1v) is 6.21. The summed E-state index contributed by atoms with van der Waals surface area (Å²) < 4.78 is 5.32. The lowest BCUT2D eigenvalue weighted by Crippen LogP contribution is -2.18. The zero-order valence-electron chi connectivity index (χ0n) is 11.1. The number of hydrogen-bond donors (Lipinski definition) is 0. The van der Waals surface area contributed by atoms with Crippen LogP contribution in [0.1, 0.15) is 39.0 Å². The van der Waals surface area contributed by atoms with Gasteiger partial charge in [0.05, 0.1) is 6.61 Å². The third kappa shape index (κ3) is 2.14. The van der Waals surface area contributed by atoms with E-state index in [-0.39, 0.29) is 11.7 Å². The highest BCUT2D eigenvalue weighted by atomic mass is 16.5. The van der Waals surface area contributed by atoms with Gasteiger partial charge in [-0.15, -0.1) is 0 Å². The van der Waals surface area contributed by atoms with Crippen molar-refractivity contribution in [3.63, 3.8) is 0 Å². The van der Waals surface area contributed by atoms with Gasteiger partial charge in [0, 0.05) is 18.1 Å². The van der Waals surface area contributed by atoms with Crippen LogP contribution in [0.3, 0.4) is 0 Å². The molecule has 0 aromatic heterocycles. The SMILES string of the molecule is Cc1cc(C)c(C)c(C(=O)C2CCOC2)c1C. The third-order valence-electron chi connectivity index (χ3n) is 3.91. The number of benzene rings is 1. The van der Waals surface area contributed by atoms with Crippen molar-refractivity contribution >= 4 is 5.78 Å². The van der Waals surface area contributed by atoms with E-state index in [1.807, 2.05) is 13.8 Å². The first-order valence-electron chi connectivity index (χ1n) is 6.21. The highest BCUT2D eigenvalue weighted by Gasteiger charge is 2.27. The summed E-state index contributed by atoms with van der Waals surface area (Å²) in [5.74, 6) is 0.331. The normalized spacial score (nSPS) is 19.6. The molecule has 0 spiro atoms. The van der Waals surface area contributed by atoms with Crippen LogP contribution in [-0.2, 0) is 4.74 Å². The molecule has 1 aliphatic heterocycles. The molecular formula is C15H20O2. The Morgan fingerprint density at radius 1 is 1.18 bits per heavy atom. The molecule has 1 unspecified atom stereocenters. The number of Topliss-reactive ketones (excluding diaryl/α,β-unsaturated/α-hetero) is 1. The van der Waals surface area contributed by atoms with Gasteiger partial charge in [-0.1, -0.05) is 6.07 Å². The van der Waals surface area contributed by atoms with E-state index in [9.17, 15) is 4.79 Å². The number of ether oxygens (including phenoxy) is 1. The van der Waals surface area contributed by atoms with Crippen molar-refractivity contribution in [2.75, 3.05) is 13.2 Å². The standard InChI is InChI=1S/C15H20O2/c1-9-7-10(2)12(4)14(11(9)3)15(16)13-5-6-17-8-13/h7,13H,5-6,8H2,1-4H3. The van der Waals surface area contributed by atoms with Crippen LogP contribution in [0.4, 0.5) is 0 Å². The largest absolute Gasteiger partial charge is 0.381 e. The van der Waals surface area contributed by atoms with Gasteiger partial charge >= 0.3 is 0 Å². The number of carbonyl (C=O) groups is 1. The Kier molecular flexibility index (Phi) is 3.34. The third-order valence-corrected chi connectivity index (χ3v) is 3.91. The molecule has 1 saturated heterocycles. The average Bonchev–Trinajstić information content (AvgIpc) is 2.80. The van der Waals surface area contributed by atoms with Crippen molar-refractivity contribution in [3.05, 3.63) is 33.9 Å². The van der Waals surface area contributed by atoms with E-state index in [2.05, 4.69) is 19.9 Å². The van der Waals surface area contributed by atoms with Gasteiger partial charge in [-0.25, -0.2) is 0 Å². The minimum Gasteiger partial charge on any atom is -0.381 e. The number of ketones is 1. The molecule has 1 aliphatic rings. The van der Waals surface area contributed by atoms with Crippen LogP contribution in [-0.4, -0.2) is 19.0 Å². The van der Waals surface area contributed by atoms with Crippen molar-refractivity contribution < 1.29 is 9.53 Å². The second kappa shape index (κ2) is 4.61. The Bertz CT molecular complexity index is 428. The second-order valence-electron chi connectivity index (χ2n) is 5.06. The maximum absolute atomic E-state index is 12.5. The first-order chi connectivity index (χ1) is 8.02. The Labute approximate surface area is 103 Å². The maximum Gasteiger partial charge on any atom is 0.168 e. The molecule has 0 aliphatic carbocycles. The van der Waals surface area contributed by atoms with Crippen LogP contribution in [0.5, 0.6) is 0 Å². The molecule has 1 fully saturated rings. The summed E-state index contributed by atoms with van der Waals surface area (Å²) in [6, 6.07) is 2.16. The first kappa shape index (κ1) is 12.3. The summed E-state index contributed by atoms with van der Waals surface area (Å²) in [4.78, 5) is 12.5. The Morgan fingerprint density at radius 2 is 1.76 bits per heavy atom. The van der Waals surface area contributed by atoms with Gasteiger partial charge in [-0.05, 0) is 56.4 Å². The molecule has 17 heavy (non-hydrogen) atoms. The van der Waals surface area contributed by atoms with E-state index in [0.29, 0.717) is 6.61 Å². The van der Waals surface area contributed by atoms with E-state index in [1.165, 1.54) is 11.1 Å². The van der Waals surface area contributed by atoms with Crippen LogP contribution < -0.4 is 0 Å². The zero-order valence-corrected chi connectivity index (χ0v) is 11.1. The Morgan fingerprint density at radius 3 is 2.24 bits per heavy atom. The molecule has 1 atom stereocenters. The summed E-state index contributed by atoms with van der Waals surface area (Å²) in [5.41, 5.74) is 5.60. The minimum atomic E-state index is 0.0635. The molecule has 2 rings (SSSR count). The lowest BCUT2D eigenvalue weighted by atomic mass is 9.87. The summed E-state index contributed by atoms with van der Waals surface area (Å²) in [6.45, 7) is 9.55. The van der Waals surface area contributed by atoms with Crippen molar-refractivity contribution in [2.45, 2.75) is 34.1 Å². The van der Waals surface area contributed by atoms with Crippen LogP contribution >= 0.6 is 0 Å². The molecule has 0 saturated carbocycles. The molecule has 0 amide bonds. The number of hydrogen-bond acceptors (Lipinski definition) is 2. The number of rotatable bonds is 2. The maximum atomic E-state index is 12.5. The second-order valence-corrected chi connectivity index (χ2v) is 5.06. The monoisotopic (exact) mass is 232 g/mol. The van der Waals surface area contributed by atoms with Crippen LogP contribution in [0.15, 0.2) is 6.07 Å². The van der Waals surface area contributed by atoms with E-state index < -0.39 is 0 Å². The van der Waals surface area contributed by atoms with E-state index in [1.54, 1.807) is 0 Å². The van der Waals surface area contributed by atoms with Gasteiger partial charge in [-0.2, -0.15) is 0 Å². The lowest BCUT2D eigenvalue weighted by Gasteiger charge is -2.16. The summed E-state index contributed by atoms with van der Waals surface area (Å²) in [7, 11) is 0. The summed E-state index contributed by atoms with van der Waals surface area (Å²) in [5, 5.41) is 0. The van der Waals surface area contributed by atoms with Crippen molar-refractivity contribution in [3.8, 4) is 0 Å². The fraction of sp³-hybridized carbons (Fsp3) is 0.533. The predicted octanol–water partition coefficient (Wildman–Crippen LogP) is 3.14. The van der Waals surface area contributed by atoms with Crippen LogP contribution in [0.2, 0.25) is 0 Å². The van der Waals surface area contributed by atoms with Crippen molar-refractivity contribution in [1.82, 2.24) is 0 Å². The molecule has 1 aromatic rings. The number of aryl methyl sites for hydroxylation is 2. The molecule has 2 heteroatoms. The fourth-order valence-corrected chi connectivity index (χ4v) is 2.53. The molecule has 92 valence electrons. The Hall–Kier alpha value is -1.15. The summed E-state index contributed by atoms with van der Waals surface area (Å²) >= 11 is 0. The molecule has 0 N–H and O–H groups in total. The molecule has 1 heterocycles. The van der Waals surface area contributed by atoms with Gasteiger partial charge in [0.25, 0.3) is 0 Å². The van der Waals surface area contributed by atoms with Gasteiger partial charge in [0.1, 0.15) is 0 Å². The topological polar surface area (TPSA) is 26.3 Å². The molecule has 2 nitrogen and oxygen atoms in total. The predicted molar refractivity (Wildman–Crippen MR) is 68.6 cm³/mol. The van der Waals surface area contributed by atoms with Crippen LogP contribution in [0, 0.1) is 33.6 Å². The van der Waals surface area contributed by atoms with Gasteiger partial charge in [0.2, 0.25) is 0 Å². The minimum absolute atomic E-state index is 0.0635. The van der Waals surface area contributed by atoms with E-state index in [4.69, 9.17) is 4.74 Å². The molecular weight excluding hydrogens is 212 g/mol.